The standard InChI is InChI=1S/C11H12N2O3S/c14-9(13-11-12-5-6-17-11)7-3-1-2-4-8(7)10(15)16/h1-2,5-8H,3-4H2,(H,15,16)(H,12,13,14)/p-1/t7-,8+/m1/s1. The van der Waals surface area contributed by atoms with Gasteiger partial charge in [0, 0.05) is 23.5 Å². The van der Waals surface area contributed by atoms with Crippen LogP contribution < -0.4 is 10.4 Å². The number of carbonyl (C=O) groups excluding carboxylic acids is 2. The Hall–Kier alpha value is -1.69. The Morgan fingerprint density at radius 1 is 1.35 bits per heavy atom. The number of nitrogens with zero attached hydrogens (tertiary/aromatic N) is 1. The molecule has 0 aliphatic heterocycles. The van der Waals surface area contributed by atoms with E-state index in [0.717, 1.165) is 0 Å². The van der Waals surface area contributed by atoms with Crippen LogP contribution in [-0.4, -0.2) is 16.9 Å². The van der Waals surface area contributed by atoms with Gasteiger partial charge in [-0.1, -0.05) is 12.2 Å². The summed E-state index contributed by atoms with van der Waals surface area (Å²) in [5, 5.41) is 15.8. The summed E-state index contributed by atoms with van der Waals surface area (Å²) < 4.78 is 0. The lowest BCUT2D eigenvalue weighted by molar-refractivity contribution is -0.313. The third-order valence-corrected chi connectivity index (χ3v) is 3.42. The van der Waals surface area contributed by atoms with E-state index in [0.29, 0.717) is 18.0 Å². The molecule has 1 aliphatic rings. The number of hydrogen-bond acceptors (Lipinski definition) is 5. The summed E-state index contributed by atoms with van der Waals surface area (Å²) in [7, 11) is 0. The SMILES string of the molecule is O=C([O-])[C@H]1CC=CC[C@H]1C(=O)Nc1nccs1. The number of allylic oxidation sites excluding steroid dienone is 2. The number of hydrogen-bond donors (Lipinski definition) is 1. The second kappa shape index (κ2) is 5.09. The van der Waals surface area contributed by atoms with E-state index in [2.05, 4.69) is 10.3 Å². The van der Waals surface area contributed by atoms with Crippen LogP contribution in [0.1, 0.15) is 12.8 Å². The summed E-state index contributed by atoms with van der Waals surface area (Å²) in [6.45, 7) is 0. The van der Waals surface area contributed by atoms with Gasteiger partial charge in [-0.3, -0.25) is 4.79 Å². The predicted molar refractivity (Wildman–Crippen MR) is 61.1 cm³/mol. The van der Waals surface area contributed by atoms with Gasteiger partial charge in [0.15, 0.2) is 5.13 Å². The highest BCUT2D eigenvalue weighted by atomic mass is 32.1. The van der Waals surface area contributed by atoms with Crippen LogP contribution in [0.25, 0.3) is 0 Å². The molecule has 1 aromatic heterocycles. The lowest BCUT2D eigenvalue weighted by Crippen LogP contribution is -2.41. The van der Waals surface area contributed by atoms with Crippen molar-refractivity contribution >= 4 is 28.3 Å². The molecule has 5 nitrogen and oxygen atoms in total. The highest BCUT2D eigenvalue weighted by molar-refractivity contribution is 7.13. The van der Waals surface area contributed by atoms with Crippen molar-refractivity contribution in [2.45, 2.75) is 12.8 Å². The summed E-state index contributed by atoms with van der Waals surface area (Å²) in [5.74, 6) is -2.80. The lowest BCUT2D eigenvalue weighted by Gasteiger charge is -2.27. The average Bonchev–Trinajstić information content (AvgIpc) is 2.81. The van der Waals surface area contributed by atoms with E-state index in [1.165, 1.54) is 11.3 Å². The molecular formula is C11H11N2O3S-. The molecule has 17 heavy (non-hydrogen) atoms. The van der Waals surface area contributed by atoms with E-state index >= 15 is 0 Å². The summed E-state index contributed by atoms with van der Waals surface area (Å²) in [6, 6.07) is 0. The zero-order chi connectivity index (χ0) is 12.3. The number of carbonyl (C=O) groups is 2. The number of amides is 1. The van der Waals surface area contributed by atoms with E-state index in [9.17, 15) is 14.7 Å². The molecule has 6 heteroatoms. The number of nitrogens with one attached hydrogen (secondary N) is 1. The molecule has 90 valence electrons. The molecular weight excluding hydrogens is 240 g/mol. The fourth-order valence-electron chi connectivity index (χ4n) is 1.85. The fourth-order valence-corrected chi connectivity index (χ4v) is 2.38. The quantitative estimate of drug-likeness (QED) is 0.789. The van der Waals surface area contributed by atoms with Crippen LogP contribution in [0.15, 0.2) is 23.7 Å². The zero-order valence-corrected chi connectivity index (χ0v) is 9.78. The molecule has 0 radical (unpaired) electrons. The molecule has 0 spiro atoms. The topological polar surface area (TPSA) is 82.1 Å². The number of aromatic nitrogens is 1. The Bertz CT molecular complexity index is 442. The van der Waals surface area contributed by atoms with E-state index in [-0.39, 0.29) is 5.91 Å². The van der Waals surface area contributed by atoms with Crippen LogP contribution in [0.4, 0.5) is 5.13 Å². The average molecular weight is 251 g/mol. The largest absolute Gasteiger partial charge is 0.550 e. The van der Waals surface area contributed by atoms with Crippen molar-refractivity contribution in [2.75, 3.05) is 5.32 Å². The van der Waals surface area contributed by atoms with Gasteiger partial charge in [-0.25, -0.2) is 4.98 Å². The Kier molecular flexibility index (Phi) is 3.53. The van der Waals surface area contributed by atoms with Crippen LogP contribution in [0.5, 0.6) is 0 Å². The van der Waals surface area contributed by atoms with Gasteiger partial charge in [-0.2, -0.15) is 0 Å². The summed E-state index contributed by atoms with van der Waals surface area (Å²) >= 11 is 1.30. The Labute approximate surface area is 102 Å². The van der Waals surface area contributed by atoms with Crippen LogP contribution in [0, 0.1) is 11.8 Å². The first kappa shape index (κ1) is 11.8. The Balaban J connectivity index is 2.07. The van der Waals surface area contributed by atoms with E-state index in [1.807, 2.05) is 6.08 Å². The van der Waals surface area contributed by atoms with Gasteiger partial charge in [-0.15, -0.1) is 11.3 Å². The van der Waals surface area contributed by atoms with Gasteiger partial charge in [-0.05, 0) is 12.8 Å². The molecule has 0 unspecified atom stereocenters. The molecule has 0 saturated carbocycles. The van der Waals surface area contributed by atoms with Crippen molar-refractivity contribution in [3.8, 4) is 0 Å². The molecule has 1 aliphatic carbocycles. The lowest BCUT2D eigenvalue weighted by atomic mass is 9.82. The normalized spacial score (nSPS) is 23.3. The van der Waals surface area contributed by atoms with Crippen molar-refractivity contribution in [1.29, 1.82) is 0 Å². The van der Waals surface area contributed by atoms with E-state index < -0.39 is 17.8 Å². The van der Waals surface area contributed by atoms with Crippen molar-refractivity contribution in [2.24, 2.45) is 11.8 Å². The summed E-state index contributed by atoms with van der Waals surface area (Å²) in [4.78, 5) is 26.8. The molecule has 2 rings (SSSR count). The molecule has 0 saturated heterocycles. The van der Waals surface area contributed by atoms with Crippen LogP contribution in [-0.2, 0) is 9.59 Å². The molecule has 2 atom stereocenters. The number of anilines is 1. The molecule has 0 aromatic carbocycles. The highest BCUT2D eigenvalue weighted by Gasteiger charge is 2.30. The van der Waals surface area contributed by atoms with Gasteiger partial charge in [0.05, 0.1) is 5.92 Å². The predicted octanol–water partition coefficient (Wildman–Crippen LogP) is 0.414. The van der Waals surface area contributed by atoms with Gasteiger partial charge in [0.25, 0.3) is 0 Å². The van der Waals surface area contributed by atoms with Gasteiger partial charge in [0.1, 0.15) is 0 Å². The number of carboxylic acids is 1. The minimum absolute atomic E-state index is 0.307. The molecule has 1 heterocycles. The minimum atomic E-state index is -1.17. The Morgan fingerprint density at radius 2 is 2.06 bits per heavy atom. The number of carboxylic acid groups (broad SMARTS) is 1. The molecule has 1 amide bonds. The number of aliphatic carboxylic acids is 1. The number of thiazole rings is 1. The molecule has 0 bridgehead atoms. The van der Waals surface area contributed by atoms with Crippen LogP contribution in [0.2, 0.25) is 0 Å². The first-order valence-electron chi connectivity index (χ1n) is 5.24. The van der Waals surface area contributed by atoms with Gasteiger partial charge < -0.3 is 15.2 Å². The fraction of sp³-hybridized carbons (Fsp3) is 0.364. The maximum Gasteiger partial charge on any atom is 0.230 e. The summed E-state index contributed by atoms with van der Waals surface area (Å²) in [5.41, 5.74) is 0. The van der Waals surface area contributed by atoms with Gasteiger partial charge >= 0.3 is 0 Å². The smallest absolute Gasteiger partial charge is 0.230 e. The van der Waals surface area contributed by atoms with Crippen molar-refractivity contribution < 1.29 is 14.7 Å². The first-order valence-corrected chi connectivity index (χ1v) is 6.12. The highest BCUT2D eigenvalue weighted by Crippen LogP contribution is 2.26. The number of rotatable bonds is 3. The summed E-state index contributed by atoms with van der Waals surface area (Å²) in [6.07, 6.45) is 5.95. The van der Waals surface area contributed by atoms with Gasteiger partial charge in [0.2, 0.25) is 5.91 Å². The van der Waals surface area contributed by atoms with Crippen molar-refractivity contribution in [1.82, 2.24) is 4.98 Å². The maximum atomic E-state index is 11.9. The second-order valence-corrected chi connectivity index (χ2v) is 4.70. The Morgan fingerprint density at radius 3 is 2.65 bits per heavy atom. The van der Waals surface area contributed by atoms with Crippen molar-refractivity contribution in [3.05, 3.63) is 23.7 Å². The first-order chi connectivity index (χ1) is 8.18. The third kappa shape index (κ3) is 2.71. The monoisotopic (exact) mass is 251 g/mol. The van der Waals surface area contributed by atoms with Crippen LogP contribution in [0.3, 0.4) is 0 Å². The minimum Gasteiger partial charge on any atom is -0.550 e. The molecule has 0 fully saturated rings. The third-order valence-electron chi connectivity index (χ3n) is 2.73. The van der Waals surface area contributed by atoms with E-state index in [4.69, 9.17) is 0 Å². The maximum absolute atomic E-state index is 11.9. The van der Waals surface area contributed by atoms with E-state index in [1.54, 1.807) is 17.7 Å². The molecule has 1 aromatic rings. The second-order valence-electron chi connectivity index (χ2n) is 3.80. The zero-order valence-electron chi connectivity index (χ0n) is 8.96. The molecule has 1 N–H and O–H groups in total. The van der Waals surface area contributed by atoms with Crippen molar-refractivity contribution in [3.63, 3.8) is 0 Å². The van der Waals surface area contributed by atoms with Crippen LogP contribution >= 0.6 is 11.3 Å².